The van der Waals surface area contributed by atoms with Crippen LogP contribution in [0, 0.1) is 5.92 Å². The minimum atomic E-state index is -0.358. The number of nitrogens with zero attached hydrogens (tertiary/aromatic N) is 3. The number of alkyl carbamates (subject to hydrolysis) is 1. The van der Waals surface area contributed by atoms with Gasteiger partial charge in [0.15, 0.2) is 11.1 Å². The summed E-state index contributed by atoms with van der Waals surface area (Å²) in [5.41, 5.74) is 0.972. The van der Waals surface area contributed by atoms with Crippen LogP contribution >= 0.6 is 11.3 Å². The molecule has 0 saturated heterocycles. The molecule has 8 nitrogen and oxygen atoms in total. The Kier molecular flexibility index (Phi) is 7.30. The number of aliphatic imine (C=N–C) groups is 1. The van der Waals surface area contributed by atoms with Gasteiger partial charge in [-0.25, -0.2) is 9.78 Å². The van der Waals surface area contributed by atoms with E-state index in [9.17, 15) is 4.79 Å². The number of amides is 1. The van der Waals surface area contributed by atoms with Crippen molar-refractivity contribution in [2.24, 2.45) is 10.9 Å². The minimum absolute atomic E-state index is 0.0530. The summed E-state index contributed by atoms with van der Waals surface area (Å²) in [6, 6.07) is 0.0530. The van der Waals surface area contributed by atoms with Crippen molar-refractivity contribution in [3.63, 3.8) is 0 Å². The highest BCUT2D eigenvalue weighted by atomic mass is 32.1. The molecule has 1 aromatic heterocycles. The van der Waals surface area contributed by atoms with E-state index >= 15 is 0 Å². The van der Waals surface area contributed by atoms with Crippen LogP contribution in [0.2, 0.25) is 0 Å². The number of hydrogen-bond acceptors (Lipinski definition) is 6. The second-order valence-electron chi connectivity index (χ2n) is 6.13. The minimum Gasteiger partial charge on any atom is -0.450 e. The molecule has 25 heavy (non-hydrogen) atoms. The Balaban J connectivity index is 1.78. The van der Waals surface area contributed by atoms with E-state index in [1.165, 1.54) is 0 Å². The van der Waals surface area contributed by atoms with Crippen LogP contribution in [-0.4, -0.2) is 57.4 Å². The Bertz CT molecular complexity index is 585. The molecule has 0 radical (unpaired) electrons. The smallest absolute Gasteiger partial charge is 0.407 e. The lowest BCUT2D eigenvalue weighted by molar-refractivity contribution is 0.146. The van der Waals surface area contributed by atoms with Crippen molar-refractivity contribution in [2.75, 3.05) is 39.2 Å². The number of anilines is 1. The second-order valence-corrected chi connectivity index (χ2v) is 6.97. The van der Waals surface area contributed by atoms with Crippen LogP contribution in [0.5, 0.6) is 0 Å². The highest BCUT2D eigenvalue weighted by Crippen LogP contribution is 2.32. The first-order valence-corrected chi connectivity index (χ1v) is 9.41. The number of rotatable bonds is 8. The van der Waals surface area contributed by atoms with Gasteiger partial charge in [-0.05, 0) is 25.7 Å². The number of thiazole rings is 1. The molecule has 9 heteroatoms. The first kappa shape index (κ1) is 19.3. The van der Waals surface area contributed by atoms with Gasteiger partial charge in [0.05, 0.1) is 24.9 Å². The third-order valence-electron chi connectivity index (χ3n) is 3.84. The molecule has 1 fully saturated rings. The Morgan fingerprint density at radius 3 is 2.80 bits per heavy atom. The molecule has 1 amide bonds. The molecule has 0 aromatic carbocycles. The lowest BCUT2D eigenvalue weighted by Gasteiger charge is -2.20. The average molecular weight is 369 g/mol. The fraction of sp³-hybridized carbons (Fsp3) is 0.688. The highest BCUT2D eigenvalue weighted by molar-refractivity contribution is 7.13. The molecule has 2 rings (SSSR count). The Morgan fingerprint density at radius 1 is 1.48 bits per heavy atom. The van der Waals surface area contributed by atoms with Gasteiger partial charge in [-0.1, -0.05) is 0 Å². The van der Waals surface area contributed by atoms with Crippen molar-refractivity contribution >= 4 is 28.5 Å². The van der Waals surface area contributed by atoms with Crippen LogP contribution in [0.1, 0.15) is 25.5 Å². The van der Waals surface area contributed by atoms with Crippen molar-refractivity contribution < 1.29 is 9.53 Å². The largest absolute Gasteiger partial charge is 0.450 e. The molecular weight excluding hydrogens is 340 g/mol. The molecule has 1 aliphatic carbocycles. The summed E-state index contributed by atoms with van der Waals surface area (Å²) >= 11 is 1.61. The predicted molar refractivity (Wildman–Crippen MR) is 101 cm³/mol. The number of carbonyl (C=O) groups is 1. The molecule has 1 aromatic rings. The number of guanidine groups is 1. The molecule has 140 valence electrons. The van der Waals surface area contributed by atoms with Gasteiger partial charge in [0, 0.05) is 33.1 Å². The van der Waals surface area contributed by atoms with Crippen molar-refractivity contribution in [2.45, 2.75) is 32.4 Å². The SMILES string of the molecule is CCOC(=O)NC(CNC(=NC)NCc1csc(N(C)C)n1)C1CC1. The lowest BCUT2D eigenvalue weighted by Crippen LogP contribution is -2.48. The summed E-state index contributed by atoms with van der Waals surface area (Å²) in [6.07, 6.45) is 1.91. The molecule has 0 bridgehead atoms. The van der Waals surface area contributed by atoms with E-state index < -0.39 is 0 Å². The van der Waals surface area contributed by atoms with Gasteiger partial charge in [-0.3, -0.25) is 4.99 Å². The molecule has 1 aliphatic rings. The quantitative estimate of drug-likeness (QED) is 0.475. The summed E-state index contributed by atoms with van der Waals surface area (Å²) in [4.78, 5) is 22.4. The Morgan fingerprint density at radius 2 is 2.24 bits per heavy atom. The predicted octanol–water partition coefficient (Wildman–Crippen LogP) is 1.40. The fourth-order valence-electron chi connectivity index (χ4n) is 2.34. The zero-order valence-corrected chi connectivity index (χ0v) is 16.2. The van der Waals surface area contributed by atoms with Gasteiger partial charge in [-0.2, -0.15) is 0 Å². The van der Waals surface area contributed by atoms with Crippen LogP contribution in [0.4, 0.5) is 9.93 Å². The Hall–Kier alpha value is -2.03. The second kappa shape index (κ2) is 9.45. The van der Waals surface area contributed by atoms with Gasteiger partial charge in [0.1, 0.15) is 0 Å². The number of ether oxygens (including phenoxy) is 1. The number of aromatic nitrogens is 1. The highest BCUT2D eigenvalue weighted by Gasteiger charge is 2.32. The number of carbonyl (C=O) groups excluding carboxylic acids is 1. The van der Waals surface area contributed by atoms with Gasteiger partial charge < -0.3 is 25.6 Å². The fourth-order valence-corrected chi connectivity index (χ4v) is 3.10. The molecule has 0 aliphatic heterocycles. The first-order valence-electron chi connectivity index (χ1n) is 8.53. The van der Waals surface area contributed by atoms with Crippen LogP contribution in [0.15, 0.2) is 10.4 Å². The average Bonchev–Trinajstić information content (AvgIpc) is 3.31. The van der Waals surface area contributed by atoms with E-state index in [0.29, 0.717) is 31.6 Å². The standard InChI is InChI=1S/C16H28N6O2S/c1-5-24-16(23)21-13(11-6-7-11)9-19-14(17-2)18-8-12-10-25-15(20-12)22(3)4/h10-11,13H,5-9H2,1-4H3,(H,21,23)(H2,17,18,19). The Labute approximate surface area is 153 Å². The van der Waals surface area contributed by atoms with E-state index in [2.05, 4.69) is 25.9 Å². The van der Waals surface area contributed by atoms with E-state index in [0.717, 1.165) is 23.7 Å². The molecular formula is C16H28N6O2S. The maximum atomic E-state index is 11.6. The van der Waals surface area contributed by atoms with Crippen LogP contribution in [-0.2, 0) is 11.3 Å². The van der Waals surface area contributed by atoms with Gasteiger partial charge in [0.25, 0.3) is 0 Å². The molecule has 1 unspecified atom stereocenters. The van der Waals surface area contributed by atoms with Gasteiger partial charge >= 0.3 is 6.09 Å². The van der Waals surface area contributed by atoms with E-state index in [-0.39, 0.29) is 12.1 Å². The molecule has 1 saturated carbocycles. The number of hydrogen-bond donors (Lipinski definition) is 3. The monoisotopic (exact) mass is 368 g/mol. The normalized spacial score (nSPS) is 15.4. The zero-order chi connectivity index (χ0) is 18.2. The maximum Gasteiger partial charge on any atom is 0.407 e. The summed E-state index contributed by atoms with van der Waals surface area (Å²) in [5.74, 6) is 1.20. The van der Waals surface area contributed by atoms with Crippen molar-refractivity contribution in [3.8, 4) is 0 Å². The van der Waals surface area contributed by atoms with E-state index in [4.69, 9.17) is 4.74 Å². The molecule has 1 heterocycles. The molecule has 1 atom stereocenters. The van der Waals surface area contributed by atoms with Crippen LogP contribution in [0.25, 0.3) is 0 Å². The van der Waals surface area contributed by atoms with Crippen molar-refractivity contribution in [1.82, 2.24) is 20.9 Å². The summed E-state index contributed by atoms with van der Waals surface area (Å²) in [6.45, 7) is 3.39. The summed E-state index contributed by atoms with van der Waals surface area (Å²) in [7, 11) is 5.68. The van der Waals surface area contributed by atoms with Crippen molar-refractivity contribution in [1.29, 1.82) is 0 Å². The van der Waals surface area contributed by atoms with E-state index in [1.54, 1.807) is 25.3 Å². The molecule has 0 spiro atoms. The van der Waals surface area contributed by atoms with Gasteiger partial charge in [0.2, 0.25) is 0 Å². The third kappa shape index (κ3) is 6.41. The third-order valence-corrected chi connectivity index (χ3v) is 4.90. The summed E-state index contributed by atoms with van der Waals surface area (Å²) in [5, 5.41) is 12.5. The van der Waals surface area contributed by atoms with Crippen LogP contribution < -0.4 is 20.9 Å². The van der Waals surface area contributed by atoms with E-state index in [1.807, 2.05) is 24.4 Å². The van der Waals surface area contributed by atoms with Crippen molar-refractivity contribution in [3.05, 3.63) is 11.1 Å². The lowest BCUT2D eigenvalue weighted by atomic mass is 10.2. The zero-order valence-electron chi connectivity index (χ0n) is 15.3. The van der Waals surface area contributed by atoms with Crippen LogP contribution in [0.3, 0.4) is 0 Å². The summed E-state index contributed by atoms with van der Waals surface area (Å²) < 4.78 is 4.98. The maximum absolute atomic E-state index is 11.6. The molecule has 3 N–H and O–H groups in total. The topological polar surface area (TPSA) is 90.9 Å². The number of nitrogens with one attached hydrogen (secondary N) is 3. The van der Waals surface area contributed by atoms with Gasteiger partial charge in [-0.15, -0.1) is 11.3 Å². The first-order chi connectivity index (χ1) is 12.0.